The number of anilines is 1. The van der Waals surface area contributed by atoms with E-state index in [0.29, 0.717) is 32.5 Å². The number of aromatic amines is 1. The second kappa shape index (κ2) is 9.69. The number of aryl methyl sites for hydroxylation is 2. The Kier molecular flexibility index (Phi) is 6.90. The molecule has 2 fully saturated rings. The molecule has 0 radical (unpaired) electrons. The molecule has 1 aromatic carbocycles. The van der Waals surface area contributed by atoms with Gasteiger partial charge in [-0.1, -0.05) is 12.1 Å². The quantitative estimate of drug-likeness (QED) is 0.697. The normalized spacial score (nSPS) is 19.9. The van der Waals surface area contributed by atoms with E-state index in [1.165, 1.54) is 16.6 Å². The number of amides is 2. The molecule has 8 nitrogen and oxygen atoms in total. The standard InChI is InChI=1S/C24H32N4O4S/c1-17-8-9-18(2)21(13-17)26-23(29)19-7-6-12-28(16-19)33(31,32)20-14-22(25-15-20)24(30)27-10-4-3-5-11-27/h8-9,13-15,19,25H,3-7,10-12,16H2,1-2H3,(H,26,29)/t19-/m1/s1. The zero-order chi connectivity index (χ0) is 23.6. The van der Waals surface area contributed by atoms with E-state index < -0.39 is 15.9 Å². The summed E-state index contributed by atoms with van der Waals surface area (Å²) in [5.74, 6) is -0.763. The van der Waals surface area contributed by atoms with Gasteiger partial charge in [0.2, 0.25) is 15.9 Å². The van der Waals surface area contributed by atoms with Crippen molar-refractivity contribution in [1.82, 2.24) is 14.2 Å². The second-order valence-corrected chi connectivity index (χ2v) is 11.0. The molecule has 2 N–H and O–H groups in total. The number of carbonyl (C=O) groups is 2. The summed E-state index contributed by atoms with van der Waals surface area (Å²) in [6, 6.07) is 7.29. The molecule has 0 bridgehead atoms. The molecule has 4 rings (SSSR count). The van der Waals surface area contributed by atoms with Crippen LogP contribution >= 0.6 is 0 Å². The van der Waals surface area contributed by atoms with Gasteiger partial charge >= 0.3 is 0 Å². The van der Waals surface area contributed by atoms with E-state index in [2.05, 4.69) is 10.3 Å². The third-order valence-electron chi connectivity index (χ3n) is 6.57. The molecule has 0 unspecified atom stereocenters. The van der Waals surface area contributed by atoms with Crippen molar-refractivity contribution in [1.29, 1.82) is 0 Å². The number of piperidine rings is 2. The largest absolute Gasteiger partial charge is 0.356 e. The van der Waals surface area contributed by atoms with Gasteiger partial charge in [0.1, 0.15) is 10.6 Å². The van der Waals surface area contributed by atoms with Crippen molar-refractivity contribution in [2.75, 3.05) is 31.5 Å². The smallest absolute Gasteiger partial charge is 0.270 e. The van der Waals surface area contributed by atoms with Crippen molar-refractivity contribution in [2.24, 2.45) is 5.92 Å². The molecule has 2 aliphatic rings. The van der Waals surface area contributed by atoms with Crippen LogP contribution in [0.5, 0.6) is 0 Å². The summed E-state index contributed by atoms with van der Waals surface area (Å²) in [7, 11) is -3.81. The van der Waals surface area contributed by atoms with Crippen LogP contribution in [-0.4, -0.2) is 60.6 Å². The fourth-order valence-corrected chi connectivity index (χ4v) is 6.06. The number of nitrogens with zero attached hydrogens (tertiary/aromatic N) is 2. The minimum Gasteiger partial charge on any atom is -0.356 e. The van der Waals surface area contributed by atoms with Gasteiger partial charge in [0.25, 0.3) is 5.91 Å². The lowest BCUT2D eigenvalue weighted by molar-refractivity contribution is -0.120. The molecule has 1 atom stereocenters. The number of hydrogen-bond acceptors (Lipinski definition) is 4. The maximum atomic E-state index is 13.3. The summed E-state index contributed by atoms with van der Waals surface area (Å²) in [4.78, 5) is 30.3. The lowest BCUT2D eigenvalue weighted by atomic mass is 9.98. The third-order valence-corrected chi connectivity index (χ3v) is 8.42. The summed E-state index contributed by atoms with van der Waals surface area (Å²) < 4.78 is 27.9. The van der Waals surface area contributed by atoms with Crippen molar-refractivity contribution in [3.8, 4) is 0 Å². The Morgan fingerprint density at radius 2 is 1.79 bits per heavy atom. The van der Waals surface area contributed by atoms with Gasteiger partial charge in [-0.05, 0) is 69.2 Å². The molecule has 1 aromatic heterocycles. The van der Waals surface area contributed by atoms with Crippen LogP contribution in [0.3, 0.4) is 0 Å². The highest BCUT2D eigenvalue weighted by molar-refractivity contribution is 7.89. The van der Waals surface area contributed by atoms with Crippen LogP contribution in [0, 0.1) is 19.8 Å². The number of hydrogen-bond donors (Lipinski definition) is 2. The van der Waals surface area contributed by atoms with Gasteiger partial charge in [0, 0.05) is 38.1 Å². The van der Waals surface area contributed by atoms with Crippen LogP contribution in [0.4, 0.5) is 5.69 Å². The molecule has 0 aliphatic carbocycles. The van der Waals surface area contributed by atoms with E-state index in [1.807, 2.05) is 32.0 Å². The Hall–Kier alpha value is -2.65. The molecular weight excluding hydrogens is 440 g/mol. The van der Waals surface area contributed by atoms with E-state index in [4.69, 9.17) is 0 Å². The average molecular weight is 473 g/mol. The van der Waals surface area contributed by atoms with Crippen molar-refractivity contribution in [2.45, 2.75) is 50.8 Å². The highest BCUT2D eigenvalue weighted by Crippen LogP contribution is 2.26. The summed E-state index contributed by atoms with van der Waals surface area (Å²) in [6.07, 6.45) is 5.67. The summed E-state index contributed by atoms with van der Waals surface area (Å²) >= 11 is 0. The van der Waals surface area contributed by atoms with E-state index in [-0.39, 0.29) is 28.9 Å². The predicted molar refractivity (Wildman–Crippen MR) is 127 cm³/mol. The van der Waals surface area contributed by atoms with Gasteiger partial charge in [0.05, 0.1) is 5.92 Å². The van der Waals surface area contributed by atoms with E-state index in [9.17, 15) is 18.0 Å². The second-order valence-electron chi connectivity index (χ2n) is 9.11. The molecule has 2 aromatic rings. The zero-order valence-electron chi connectivity index (χ0n) is 19.3. The predicted octanol–water partition coefficient (Wildman–Crippen LogP) is 3.30. The van der Waals surface area contributed by atoms with Gasteiger partial charge in [0.15, 0.2) is 0 Å². The van der Waals surface area contributed by atoms with E-state index in [1.54, 1.807) is 4.90 Å². The molecule has 3 heterocycles. The van der Waals surface area contributed by atoms with Crippen LogP contribution in [0.2, 0.25) is 0 Å². The molecule has 0 saturated carbocycles. The number of aromatic nitrogens is 1. The first-order chi connectivity index (χ1) is 15.8. The van der Waals surface area contributed by atoms with E-state index in [0.717, 1.165) is 36.1 Å². The first-order valence-electron chi connectivity index (χ1n) is 11.6. The maximum absolute atomic E-state index is 13.3. The van der Waals surface area contributed by atoms with Crippen molar-refractivity contribution < 1.29 is 18.0 Å². The summed E-state index contributed by atoms with van der Waals surface area (Å²) in [6.45, 7) is 5.77. The van der Waals surface area contributed by atoms with Crippen LogP contribution in [0.15, 0.2) is 35.4 Å². The minimum atomic E-state index is -3.81. The SMILES string of the molecule is Cc1ccc(C)c(NC(=O)[C@@H]2CCCN(S(=O)(=O)c3c[nH]c(C(=O)N4CCCCC4)c3)C2)c1. The monoisotopic (exact) mass is 472 g/mol. The molecular formula is C24H32N4O4S. The number of carbonyl (C=O) groups excluding carboxylic acids is 2. The Morgan fingerprint density at radius 3 is 2.55 bits per heavy atom. The van der Waals surface area contributed by atoms with Gasteiger partial charge < -0.3 is 15.2 Å². The summed E-state index contributed by atoms with van der Waals surface area (Å²) in [5, 5.41) is 2.97. The highest BCUT2D eigenvalue weighted by atomic mass is 32.2. The Balaban J connectivity index is 1.45. The number of nitrogens with one attached hydrogen (secondary N) is 2. The van der Waals surface area contributed by atoms with Crippen LogP contribution in [0.25, 0.3) is 0 Å². The summed E-state index contributed by atoms with van der Waals surface area (Å²) in [5.41, 5.74) is 3.06. The molecule has 9 heteroatoms. The van der Waals surface area contributed by atoms with Gasteiger partial charge in [-0.3, -0.25) is 9.59 Å². The Morgan fingerprint density at radius 1 is 1.03 bits per heavy atom. The number of benzene rings is 1. The maximum Gasteiger partial charge on any atom is 0.270 e. The first kappa shape index (κ1) is 23.5. The number of sulfonamides is 1. The van der Waals surface area contributed by atoms with Gasteiger partial charge in [-0.15, -0.1) is 0 Å². The van der Waals surface area contributed by atoms with E-state index >= 15 is 0 Å². The van der Waals surface area contributed by atoms with Gasteiger partial charge in [-0.2, -0.15) is 4.31 Å². The molecule has 2 aliphatic heterocycles. The zero-order valence-corrected chi connectivity index (χ0v) is 20.1. The van der Waals surface area contributed by atoms with Crippen molar-refractivity contribution >= 4 is 27.5 Å². The number of H-pyrrole nitrogens is 1. The van der Waals surface area contributed by atoms with Crippen LogP contribution < -0.4 is 5.32 Å². The number of likely N-dealkylation sites (tertiary alicyclic amines) is 1. The lowest BCUT2D eigenvalue weighted by Crippen LogP contribution is -2.43. The topological polar surface area (TPSA) is 103 Å². The highest BCUT2D eigenvalue weighted by Gasteiger charge is 2.34. The molecule has 2 saturated heterocycles. The molecule has 178 valence electrons. The van der Waals surface area contributed by atoms with Gasteiger partial charge in [-0.25, -0.2) is 8.42 Å². The Labute approximate surface area is 195 Å². The van der Waals surface area contributed by atoms with Crippen LogP contribution in [-0.2, 0) is 14.8 Å². The molecule has 2 amide bonds. The third kappa shape index (κ3) is 5.14. The van der Waals surface area contributed by atoms with Crippen molar-refractivity contribution in [3.63, 3.8) is 0 Å². The Bertz CT molecular complexity index is 1140. The first-order valence-corrected chi connectivity index (χ1v) is 13.1. The fraction of sp³-hybridized carbons (Fsp3) is 0.500. The van der Waals surface area contributed by atoms with Crippen LogP contribution in [0.1, 0.15) is 53.7 Å². The molecule has 0 spiro atoms. The number of rotatable bonds is 5. The average Bonchev–Trinajstić information content (AvgIpc) is 3.33. The fourth-order valence-electron chi connectivity index (χ4n) is 4.54. The molecule has 33 heavy (non-hydrogen) atoms. The minimum absolute atomic E-state index is 0.0680. The lowest BCUT2D eigenvalue weighted by Gasteiger charge is -2.31. The van der Waals surface area contributed by atoms with Crippen molar-refractivity contribution in [3.05, 3.63) is 47.3 Å².